The van der Waals surface area contributed by atoms with E-state index in [2.05, 4.69) is 10.1 Å². The van der Waals surface area contributed by atoms with Gasteiger partial charge in [0.2, 0.25) is 0 Å². The number of hydrogen-bond acceptors (Lipinski definition) is 5. The maximum Gasteiger partial charge on any atom is 1.00 e. The predicted octanol–water partition coefficient (Wildman–Crippen LogP) is 2.45. The molecule has 1 saturated carbocycles. The molecule has 0 saturated heterocycles. The number of nitrogens with zero attached hydrogens (tertiary/aromatic N) is 1. The third-order valence-electron chi connectivity index (χ3n) is 4.73. The van der Waals surface area contributed by atoms with Crippen LogP contribution in [0.4, 0.5) is 13.2 Å². The first-order chi connectivity index (χ1) is 15.9. The monoisotopic (exact) mass is 516 g/mol. The number of aromatic amines is 1. The van der Waals surface area contributed by atoms with E-state index in [0.717, 1.165) is 30.4 Å². The quantitative estimate of drug-likeness (QED) is 0.397. The van der Waals surface area contributed by atoms with Crippen LogP contribution in [0.5, 0.6) is 0 Å². The molecule has 2 heterocycles. The molecule has 5 rings (SSSR count). The fourth-order valence-corrected chi connectivity index (χ4v) is 2.83. The standard InChI is InChI=1S/C14H8F3N.C5H8N2O.C4H7O.C2H6.K.H2O/c15-10-3-1-8(2-4-10)13-6-9-5-11(16)7-12(17)14(9)18-13;1-4-2-5(3-6)8-7-4;5-4-2-1-3-4;1-2;;/h1-7,18H;2H,3,6H2,1H3;4H,1-3H2;1-2H3;;1H2/q;;-1;;+1;/p-1. The summed E-state index contributed by atoms with van der Waals surface area (Å²) in [6.07, 6.45) is 2.85. The first kappa shape index (κ1) is 33.5. The van der Waals surface area contributed by atoms with E-state index in [-0.39, 0.29) is 74.3 Å². The normalized spacial score (nSPS) is 11.8. The smallest absolute Gasteiger partial charge is 0.870 e. The fourth-order valence-electron chi connectivity index (χ4n) is 2.83. The van der Waals surface area contributed by atoms with E-state index in [1.54, 1.807) is 18.2 Å². The van der Waals surface area contributed by atoms with Crippen LogP contribution in [-0.2, 0) is 6.54 Å². The van der Waals surface area contributed by atoms with Crippen LogP contribution in [0.15, 0.2) is 53.1 Å². The number of nitrogens with two attached hydrogens (primary N) is 1. The Labute approximate surface area is 245 Å². The molecule has 10 heteroatoms. The molecule has 0 unspecified atom stereocenters. The van der Waals surface area contributed by atoms with Gasteiger partial charge in [-0.1, -0.05) is 38.3 Å². The Kier molecular flexibility index (Phi) is 16.3. The van der Waals surface area contributed by atoms with Gasteiger partial charge in [0.05, 0.1) is 17.8 Å². The molecule has 0 atom stereocenters. The minimum Gasteiger partial charge on any atom is -0.870 e. The van der Waals surface area contributed by atoms with Gasteiger partial charge in [-0.3, -0.25) is 0 Å². The van der Waals surface area contributed by atoms with E-state index < -0.39 is 11.6 Å². The molecule has 2 aromatic heterocycles. The summed E-state index contributed by atoms with van der Waals surface area (Å²) in [5.74, 6) is -0.863. The summed E-state index contributed by atoms with van der Waals surface area (Å²) in [7, 11) is 0. The minimum absolute atomic E-state index is 0. The Morgan fingerprint density at radius 1 is 1.03 bits per heavy atom. The summed E-state index contributed by atoms with van der Waals surface area (Å²) in [6, 6.07) is 11.3. The number of fused-ring (bicyclic) bond motifs is 1. The van der Waals surface area contributed by atoms with E-state index in [9.17, 15) is 18.3 Å². The van der Waals surface area contributed by atoms with Gasteiger partial charge in [-0.2, -0.15) is 0 Å². The van der Waals surface area contributed by atoms with Gasteiger partial charge >= 0.3 is 51.4 Å². The van der Waals surface area contributed by atoms with Crippen LogP contribution in [0.25, 0.3) is 22.2 Å². The van der Waals surface area contributed by atoms with Crippen LogP contribution in [0.1, 0.15) is 44.6 Å². The number of hydrogen-bond donors (Lipinski definition) is 2. The molecular formula is C25H30F3KN3O3-. The number of aryl methyl sites for hydroxylation is 1. The zero-order valence-electron chi connectivity index (χ0n) is 20.4. The van der Waals surface area contributed by atoms with Crippen molar-refractivity contribution < 1.29 is 79.7 Å². The molecule has 0 amide bonds. The first-order valence-electron chi connectivity index (χ1n) is 10.9. The second-order valence-electron chi connectivity index (χ2n) is 7.23. The number of halogens is 3. The molecule has 186 valence electrons. The molecule has 0 radical (unpaired) electrons. The van der Waals surface area contributed by atoms with Crippen molar-refractivity contribution in [1.82, 2.24) is 10.1 Å². The Balaban J connectivity index is 0.000000568. The van der Waals surface area contributed by atoms with Crippen molar-refractivity contribution >= 4 is 10.9 Å². The van der Waals surface area contributed by atoms with Crippen molar-refractivity contribution in [2.24, 2.45) is 5.73 Å². The Bertz CT molecular complexity index is 1130. The topological polar surface area (TPSA) is 121 Å². The van der Waals surface area contributed by atoms with Gasteiger partial charge in [0.1, 0.15) is 17.5 Å². The van der Waals surface area contributed by atoms with Crippen LogP contribution in [0.3, 0.4) is 0 Å². The second kappa shape index (κ2) is 17.0. The van der Waals surface area contributed by atoms with E-state index in [4.69, 9.17) is 10.3 Å². The molecule has 1 fully saturated rings. The summed E-state index contributed by atoms with van der Waals surface area (Å²) >= 11 is 0. The van der Waals surface area contributed by atoms with Gasteiger partial charge in [0, 0.05) is 23.2 Å². The molecule has 2 aromatic carbocycles. The van der Waals surface area contributed by atoms with Gasteiger partial charge in [0.25, 0.3) is 0 Å². The van der Waals surface area contributed by atoms with Crippen molar-refractivity contribution in [3.63, 3.8) is 0 Å². The third kappa shape index (κ3) is 10.6. The molecule has 35 heavy (non-hydrogen) atoms. The van der Waals surface area contributed by atoms with E-state index in [1.807, 2.05) is 26.8 Å². The summed E-state index contributed by atoms with van der Waals surface area (Å²) in [5, 5.41) is 14.1. The summed E-state index contributed by atoms with van der Waals surface area (Å²) in [4.78, 5) is 2.86. The first-order valence-corrected chi connectivity index (χ1v) is 10.9. The van der Waals surface area contributed by atoms with Gasteiger partial charge < -0.3 is 25.8 Å². The SMILES string of the molecule is CC.Cc1cc(CN)on1.Fc1ccc(-c2cc3cc(F)cc(F)c3[nH]2)cc1.[K+].[O-]C1CCC1.[OH-]. The molecule has 4 N–H and O–H groups in total. The minimum atomic E-state index is -0.640. The number of rotatable bonds is 2. The summed E-state index contributed by atoms with van der Waals surface area (Å²) in [6.45, 7) is 6.30. The molecular weight excluding hydrogens is 486 g/mol. The zero-order chi connectivity index (χ0) is 24.4. The average molecular weight is 517 g/mol. The molecule has 4 aromatic rings. The van der Waals surface area contributed by atoms with Crippen LogP contribution in [-0.4, -0.2) is 21.7 Å². The van der Waals surface area contributed by atoms with Gasteiger partial charge in [0.15, 0.2) is 5.76 Å². The van der Waals surface area contributed by atoms with Crippen molar-refractivity contribution in [2.45, 2.75) is 52.7 Å². The Hall–Kier alpha value is -1.50. The van der Waals surface area contributed by atoms with E-state index in [0.29, 0.717) is 23.2 Å². The van der Waals surface area contributed by atoms with E-state index in [1.165, 1.54) is 24.6 Å². The largest absolute Gasteiger partial charge is 1.00 e. The van der Waals surface area contributed by atoms with Crippen LogP contribution in [0.2, 0.25) is 0 Å². The maximum absolute atomic E-state index is 13.5. The van der Waals surface area contributed by atoms with Crippen LogP contribution in [0, 0.1) is 24.4 Å². The predicted molar refractivity (Wildman–Crippen MR) is 124 cm³/mol. The second-order valence-corrected chi connectivity index (χ2v) is 7.23. The molecule has 1 aliphatic rings. The Morgan fingerprint density at radius 3 is 2.06 bits per heavy atom. The number of benzene rings is 2. The third-order valence-corrected chi connectivity index (χ3v) is 4.73. The van der Waals surface area contributed by atoms with Crippen molar-refractivity contribution in [2.75, 3.05) is 0 Å². The number of H-pyrrole nitrogens is 1. The zero-order valence-corrected chi connectivity index (χ0v) is 23.6. The van der Waals surface area contributed by atoms with Crippen molar-refractivity contribution in [3.05, 3.63) is 77.4 Å². The summed E-state index contributed by atoms with van der Waals surface area (Å²) in [5.41, 5.74) is 7.69. The molecule has 6 nitrogen and oxygen atoms in total. The molecule has 1 aliphatic carbocycles. The Morgan fingerprint density at radius 2 is 1.63 bits per heavy atom. The average Bonchev–Trinajstić information content (AvgIpc) is 3.41. The van der Waals surface area contributed by atoms with Crippen LogP contribution < -0.4 is 62.2 Å². The van der Waals surface area contributed by atoms with Crippen molar-refractivity contribution in [3.8, 4) is 11.3 Å². The fraction of sp³-hybridized carbons (Fsp3) is 0.320. The van der Waals surface area contributed by atoms with Gasteiger partial charge in [-0.25, -0.2) is 13.2 Å². The number of nitrogens with one attached hydrogen (secondary N) is 1. The maximum atomic E-state index is 13.5. The molecule has 0 aliphatic heterocycles. The van der Waals surface area contributed by atoms with Gasteiger partial charge in [-0.05, 0) is 48.9 Å². The van der Waals surface area contributed by atoms with E-state index >= 15 is 0 Å². The van der Waals surface area contributed by atoms with Crippen LogP contribution >= 0.6 is 0 Å². The molecule has 0 spiro atoms. The molecule has 0 bridgehead atoms. The van der Waals surface area contributed by atoms with Gasteiger partial charge in [-0.15, -0.1) is 6.10 Å². The van der Waals surface area contributed by atoms with Crippen molar-refractivity contribution in [1.29, 1.82) is 0 Å². The summed E-state index contributed by atoms with van der Waals surface area (Å²) < 4.78 is 44.1. The number of aromatic nitrogens is 2.